The Morgan fingerprint density at radius 3 is 2.59 bits per heavy atom. The second-order valence-corrected chi connectivity index (χ2v) is 5.68. The zero-order valence-electron chi connectivity index (χ0n) is 9.59. The SMILES string of the molecule is CN(C)c1ccc(C(O)c2sccc2Br)cn1. The van der Waals surface area contributed by atoms with Gasteiger partial charge in [0.25, 0.3) is 0 Å². The van der Waals surface area contributed by atoms with Crippen molar-refractivity contribution < 1.29 is 5.11 Å². The Hall–Kier alpha value is -0.910. The zero-order chi connectivity index (χ0) is 12.4. The molecule has 0 amide bonds. The summed E-state index contributed by atoms with van der Waals surface area (Å²) < 4.78 is 0.937. The number of aliphatic hydroxyl groups is 1. The van der Waals surface area contributed by atoms with Crippen molar-refractivity contribution in [3.8, 4) is 0 Å². The minimum Gasteiger partial charge on any atom is -0.383 e. The molecule has 2 heterocycles. The Labute approximate surface area is 113 Å². The van der Waals surface area contributed by atoms with Crippen LogP contribution in [0.15, 0.2) is 34.2 Å². The number of nitrogens with zero attached hydrogens (tertiary/aromatic N) is 2. The minimum atomic E-state index is -0.618. The first-order chi connectivity index (χ1) is 8.09. The Morgan fingerprint density at radius 1 is 1.35 bits per heavy atom. The predicted octanol–water partition coefficient (Wildman–Crippen LogP) is 3.05. The van der Waals surface area contributed by atoms with Crippen LogP contribution < -0.4 is 4.90 Å². The summed E-state index contributed by atoms with van der Waals surface area (Å²) in [6.07, 6.45) is 1.10. The topological polar surface area (TPSA) is 36.4 Å². The van der Waals surface area contributed by atoms with Gasteiger partial charge in [-0.2, -0.15) is 0 Å². The molecule has 90 valence electrons. The first-order valence-corrected chi connectivity index (χ1v) is 6.81. The van der Waals surface area contributed by atoms with E-state index in [9.17, 15) is 5.11 Å². The second-order valence-electron chi connectivity index (χ2n) is 3.88. The van der Waals surface area contributed by atoms with Crippen LogP contribution in [0, 0.1) is 0 Å². The molecule has 17 heavy (non-hydrogen) atoms. The maximum atomic E-state index is 10.2. The van der Waals surface area contributed by atoms with E-state index in [1.165, 1.54) is 11.3 Å². The molecule has 0 aliphatic rings. The van der Waals surface area contributed by atoms with Gasteiger partial charge in [0.05, 0.1) is 4.88 Å². The molecule has 1 unspecified atom stereocenters. The highest BCUT2D eigenvalue weighted by Gasteiger charge is 2.15. The lowest BCUT2D eigenvalue weighted by molar-refractivity contribution is 0.223. The summed E-state index contributed by atoms with van der Waals surface area (Å²) in [5.74, 6) is 0.881. The van der Waals surface area contributed by atoms with Crippen LogP contribution in [0.5, 0.6) is 0 Å². The highest BCUT2D eigenvalue weighted by atomic mass is 79.9. The Kier molecular flexibility index (Phi) is 3.81. The molecule has 0 aliphatic carbocycles. The van der Waals surface area contributed by atoms with Gasteiger partial charge < -0.3 is 10.0 Å². The van der Waals surface area contributed by atoms with Crippen LogP contribution in [0.1, 0.15) is 16.5 Å². The summed E-state index contributed by atoms with van der Waals surface area (Å²) in [6.45, 7) is 0. The van der Waals surface area contributed by atoms with Gasteiger partial charge in [0.2, 0.25) is 0 Å². The maximum Gasteiger partial charge on any atom is 0.127 e. The molecule has 0 bridgehead atoms. The molecule has 0 saturated heterocycles. The largest absolute Gasteiger partial charge is 0.383 e. The molecule has 0 radical (unpaired) electrons. The molecule has 2 rings (SSSR count). The number of anilines is 1. The summed E-state index contributed by atoms with van der Waals surface area (Å²) >= 11 is 4.95. The van der Waals surface area contributed by atoms with Gasteiger partial charge in [-0.3, -0.25) is 0 Å². The molecule has 2 aromatic heterocycles. The van der Waals surface area contributed by atoms with Crippen LogP contribution in [0.25, 0.3) is 0 Å². The van der Waals surface area contributed by atoms with E-state index in [-0.39, 0.29) is 0 Å². The van der Waals surface area contributed by atoms with Crippen LogP contribution in [-0.2, 0) is 0 Å². The molecule has 0 saturated carbocycles. The lowest BCUT2D eigenvalue weighted by Crippen LogP contribution is -2.10. The van der Waals surface area contributed by atoms with Gasteiger partial charge in [0.1, 0.15) is 11.9 Å². The smallest absolute Gasteiger partial charge is 0.127 e. The molecule has 0 aliphatic heterocycles. The quantitative estimate of drug-likeness (QED) is 0.946. The standard InChI is InChI=1S/C12H13BrN2OS/c1-15(2)10-4-3-8(7-14-10)11(16)12-9(13)5-6-17-12/h3-7,11,16H,1-2H3. The molecular formula is C12H13BrN2OS. The summed E-state index contributed by atoms with van der Waals surface area (Å²) in [6, 6.07) is 5.74. The van der Waals surface area contributed by atoms with E-state index in [1.807, 2.05) is 42.6 Å². The van der Waals surface area contributed by atoms with E-state index in [0.717, 1.165) is 20.7 Å². The Bertz CT molecular complexity index is 495. The number of thiophene rings is 1. The molecule has 0 aromatic carbocycles. The fourth-order valence-electron chi connectivity index (χ4n) is 1.48. The van der Waals surface area contributed by atoms with Crippen molar-refractivity contribution >= 4 is 33.1 Å². The van der Waals surface area contributed by atoms with Gasteiger partial charge >= 0.3 is 0 Å². The number of pyridine rings is 1. The molecule has 5 heteroatoms. The summed E-state index contributed by atoms with van der Waals surface area (Å²) in [5.41, 5.74) is 0.804. The van der Waals surface area contributed by atoms with E-state index in [0.29, 0.717) is 0 Å². The van der Waals surface area contributed by atoms with Gasteiger partial charge in [0, 0.05) is 30.3 Å². The molecule has 0 fully saturated rings. The van der Waals surface area contributed by atoms with E-state index in [1.54, 1.807) is 6.20 Å². The van der Waals surface area contributed by atoms with Crippen molar-refractivity contribution in [3.05, 3.63) is 44.7 Å². The van der Waals surface area contributed by atoms with Crippen molar-refractivity contribution in [1.82, 2.24) is 4.98 Å². The third-order valence-corrected chi connectivity index (χ3v) is 4.36. The monoisotopic (exact) mass is 312 g/mol. The molecule has 3 nitrogen and oxygen atoms in total. The van der Waals surface area contributed by atoms with E-state index in [4.69, 9.17) is 0 Å². The molecule has 1 N–H and O–H groups in total. The molecular weight excluding hydrogens is 300 g/mol. The molecule has 1 atom stereocenters. The normalized spacial score (nSPS) is 12.5. The first-order valence-electron chi connectivity index (χ1n) is 5.14. The van der Waals surface area contributed by atoms with Crippen LogP contribution in [0.2, 0.25) is 0 Å². The second kappa shape index (κ2) is 5.16. The van der Waals surface area contributed by atoms with Crippen molar-refractivity contribution in [1.29, 1.82) is 0 Å². The van der Waals surface area contributed by atoms with Crippen molar-refractivity contribution in [2.45, 2.75) is 6.10 Å². The van der Waals surface area contributed by atoms with Crippen LogP contribution in [-0.4, -0.2) is 24.2 Å². The van der Waals surface area contributed by atoms with Crippen LogP contribution in [0.4, 0.5) is 5.82 Å². The van der Waals surface area contributed by atoms with Gasteiger partial charge in [-0.05, 0) is 33.4 Å². The summed E-state index contributed by atoms with van der Waals surface area (Å²) in [5, 5.41) is 12.2. The predicted molar refractivity (Wildman–Crippen MR) is 74.6 cm³/mol. The molecule has 2 aromatic rings. The number of aromatic nitrogens is 1. The van der Waals surface area contributed by atoms with Gasteiger partial charge in [-0.25, -0.2) is 4.98 Å². The van der Waals surface area contributed by atoms with E-state index >= 15 is 0 Å². The molecule has 0 spiro atoms. The van der Waals surface area contributed by atoms with E-state index in [2.05, 4.69) is 20.9 Å². The zero-order valence-corrected chi connectivity index (χ0v) is 12.0. The number of hydrogen-bond donors (Lipinski definition) is 1. The number of aliphatic hydroxyl groups excluding tert-OH is 1. The minimum absolute atomic E-state index is 0.618. The Balaban J connectivity index is 2.26. The van der Waals surface area contributed by atoms with Gasteiger partial charge in [-0.15, -0.1) is 11.3 Å². The van der Waals surface area contributed by atoms with Gasteiger partial charge in [-0.1, -0.05) is 6.07 Å². The fourth-order valence-corrected chi connectivity index (χ4v) is 3.08. The highest BCUT2D eigenvalue weighted by Crippen LogP contribution is 2.32. The number of halogens is 1. The average molecular weight is 313 g/mol. The maximum absolute atomic E-state index is 10.2. The van der Waals surface area contributed by atoms with Crippen LogP contribution in [0.3, 0.4) is 0 Å². The first kappa shape index (κ1) is 12.5. The lowest BCUT2D eigenvalue weighted by atomic mass is 10.1. The summed E-state index contributed by atoms with van der Waals surface area (Å²) in [4.78, 5) is 7.13. The Morgan fingerprint density at radius 2 is 2.12 bits per heavy atom. The fraction of sp³-hybridized carbons (Fsp3) is 0.250. The highest BCUT2D eigenvalue weighted by molar-refractivity contribution is 9.10. The number of rotatable bonds is 3. The summed E-state index contributed by atoms with van der Waals surface area (Å²) in [7, 11) is 3.88. The average Bonchev–Trinajstić information content (AvgIpc) is 2.74. The van der Waals surface area contributed by atoms with Crippen LogP contribution >= 0.6 is 27.3 Å². The van der Waals surface area contributed by atoms with E-state index < -0.39 is 6.10 Å². The lowest BCUT2D eigenvalue weighted by Gasteiger charge is -2.13. The van der Waals surface area contributed by atoms with Gasteiger partial charge in [0.15, 0.2) is 0 Å². The third-order valence-electron chi connectivity index (χ3n) is 2.44. The number of hydrogen-bond acceptors (Lipinski definition) is 4. The van der Waals surface area contributed by atoms with Crippen molar-refractivity contribution in [3.63, 3.8) is 0 Å². The van der Waals surface area contributed by atoms with Crippen molar-refractivity contribution in [2.75, 3.05) is 19.0 Å². The third kappa shape index (κ3) is 2.68. The van der Waals surface area contributed by atoms with Crippen molar-refractivity contribution in [2.24, 2.45) is 0 Å².